The van der Waals surface area contributed by atoms with Crippen LogP contribution >= 0.6 is 0 Å². The lowest BCUT2D eigenvalue weighted by Gasteiger charge is -2.19. The van der Waals surface area contributed by atoms with Crippen molar-refractivity contribution in [2.75, 3.05) is 6.54 Å². The number of aryl methyl sites for hydroxylation is 1. The van der Waals surface area contributed by atoms with Gasteiger partial charge in [0.25, 0.3) is 0 Å². The molecule has 3 heteroatoms. The van der Waals surface area contributed by atoms with Crippen LogP contribution in [0.5, 0.6) is 0 Å². The number of rotatable bonds is 6. The fourth-order valence-corrected chi connectivity index (χ4v) is 2.42. The second-order valence-electron chi connectivity index (χ2n) is 4.88. The van der Waals surface area contributed by atoms with Crippen LogP contribution in [-0.4, -0.2) is 16.1 Å². The quantitative estimate of drug-likeness (QED) is 0.800. The highest BCUT2D eigenvalue weighted by molar-refractivity contribution is 5.07. The number of hydrogen-bond donors (Lipinski definition) is 1. The van der Waals surface area contributed by atoms with Gasteiger partial charge >= 0.3 is 0 Å². The molecule has 0 saturated heterocycles. The summed E-state index contributed by atoms with van der Waals surface area (Å²) in [4.78, 5) is 4.54. The van der Waals surface area contributed by atoms with Crippen molar-refractivity contribution < 1.29 is 0 Å². The van der Waals surface area contributed by atoms with E-state index < -0.39 is 0 Å². The van der Waals surface area contributed by atoms with Crippen LogP contribution in [0.3, 0.4) is 0 Å². The Morgan fingerprint density at radius 3 is 2.88 bits per heavy atom. The maximum absolute atomic E-state index is 4.54. The highest BCUT2D eigenvalue weighted by Gasteiger charge is 2.41. The van der Waals surface area contributed by atoms with Crippen LogP contribution in [0, 0.1) is 11.8 Å². The highest BCUT2D eigenvalue weighted by atomic mass is 15.1. The Kier molecular flexibility index (Phi) is 3.64. The van der Waals surface area contributed by atoms with Crippen LogP contribution in [0.2, 0.25) is 0 Å². The van der Waals surface area contributed by atoms with Gasteiger partial charge in [-0.25, -0.2) is 4.98 Å². The molecule has 1 aromatic heterocycles. The molecule has 0 spiro atoms. The van der Waals surface area contributed by atoms with E-state index in [1.54, 1.807) is 0 Å². The summed E-state index contributed by atoms with van der Waals surface area (Å²) in [6.07, 6.45) is 6.54. The van der Waals surface area contributed by atoms with Gasteiger partial charge in [-0.1, -0.05) is 13.8 Å². The van der Waals surface area contributed by atoms with Crippen LogP contribution in [0.25, 0.3) is 0 Å². The van der Waals surface area contributed by atoms with Crippen LogP contribution in [0.15, 0.2) is 12.4 Å². The van der Waals surface area contributed by atoms with E-state index in [-0.39, 0.29) is 0 Å². The monoisotopic (exact) mass is 221 g/mol. The number of imidazole rings is 1. The van der Waals surface area contributed by atoms with Gasteiger partial charge in [-0.3, -0.25) is 0 Å². The molecule has 1 saturated carbocycles. The van der Waals surface area contributed by atoms with Gasteiger partial charge in [-0.15, -0.1) is 0 Å². The van der Waals surface area contributed by atoms with Crippen molar-refractivity contribution in [2.45, 2.75) is 46.2 Å². The number of aromatic nitrogens is 2. The molecule has 0 aliphatic heterocycles. The fourth-order valence-electron chi connectivity index (χ4n) is 2.42. The Balaban J connectivity index is 2.11. The third kappa shape index (κ3) is 2.29. The summed E-state index contributed by atoms with van der Waals surface area (Å²) in [7, 11) is 0. The molecule has 0 bridgehead atoms. The van der Waals surface area contributed by atoms with Crippen molar-refractivity contribution >= 4 is 0 Å². The zero-order chi connectivity index (χ0) is 11.5. The van der Waals surface area contributed by atoms with Crippen LogP contribution < -0.4 is 5.32 Å². The van der Waals surface area contributed by atoms with E-state index in [1.165, 1.54) is 18.7 Å². The molecule has 0 amide bonds. The van der Waals surface area contributed by atoms with Gasteiger partial charge in [-0.05, 0) is 38.1 Å². The molecular formula is C13H23N3. The van der Waals surface area contributed by atoms with Crippen LogP contribution in [0.4, 0.5) is 0 Å². The Labute approximate surface area is 98.3 Å². The molecular weight excluding hydrogens is 198 g/mol. The molecule has 0 aromatic carbocycles. The number of nitrogens with one attached hydrogen (secondary N) is 1. The molecule has 3 atom stereocenters. The molecule has 1 fully saturated rings. The molecule has 90 valence electrons. The largest absolute Gasteiger partial charge is 0.334 e. The Bertz CT molecular complexity index is 332. The molecule has 3 unspecified atom stereocenters. The van der Waals surface area contributed by atoms with Crippen molar-refractivity contribution in [3.8, 4) is 0 Å². The van der Waals surface area contributed by atoms with Crippen molar-refractivity contribution in [3.05, 3.63) is 18.2 Å². The first-order valence-corrected chi connectivity index (χ1v) is 6.52. The lowest BCUT2D eigenvalue weighted by molar-refractivity contribution is 0.426. The summed E-state index contributed by atoms with van der Waals surface area (Å²) in [5.74, 6) is 2.88. The van der Waals surface area contributed by atoms with Crippen molar-refractivity contribution in [1.82, 2.24) is 14.9 Å². The summed E-state index contributed by atoms with van der Waals surface area (Å²) in [6.45, 7) is 8.83. The Morgan fingerprint density at radius 1 is 1.56 bits per heavy atom. The van der Waals surface area contributed by atoms with Crippen molar-refractivity contribution in [1.29, 1.82) is 0 Å². The third-order valence-corrected chi connectivity index (χ3v) is 3.58. The first-order chi connectivity index (χ1) is 7.77. The topological polar surface area (TPSA) is 29.9 Å². The Morgan fingerprint density at radius 2 is 2.31 bits per heavy atom. The minimum Gasteiger partial charge on any atom is -0.334 e. The van der Waals surface area contributed by atoms with E-state index >= 15 is 0 Å². The average molecular weight is 221 g/mol. The molecule has 1 heterocycles. The molecule has 3 nitrogen and oxygen atoms in total. The lowest BCUT2D eigenvalue weighted by atomic mass is 10.1. The predicted molar refractivity (Wildman–Crippen MR) is 66.2 cm³/mol. The van der Waals surface area contributed by atoms with Gasteiger partial charge in [0.15, 0.2) is 0 Å². The SMILES string of the molecule is CCCNC(c1nccn1CC)C1CC1C. The first-order valence-electron chi connectivity index (χ1n) is 6.52. The minimum atomic E-state index is 0.463. The van der Waals surface area contributed by atoms with Gasteiger partial charge in [0.05, 0.1) is 6.04 Å². The fraction of sp³-hybridized carbons (Fsp3) is 0.769. The lowest BCUT2D eigenvalue weighted by Crippen LogP contribution is -2.27. The van der Waals surface area contributed by atoms with Crippen LogP contribution in [0.1, 0.15) is 45.5 Å². The predicted octanol–water partition coefficient (Wildman–Crippen LogP) is 2.60. The Hall–Kier alpha value is -0.830. The van der Waals surface area contributed by atoms with E-state index in [0.29, 0.717) is 6.04 Å². The summed E-state index contributed by atoms with van der Waals surface area (Å²) in [5.41, 5.74) is 0. The van der Waals surface area contributed by atoms with Gasteiger partial charge in [-0.2, -0.15) is 0 Å². The molecule has 16 heavy (non-hydrogen) atoms. The normalized spacial score (nSPS) is 25.7. The number of hydrogen-bond acceptors (Lipinski definition) is 2. The molecule has 1 N–H and O–H groups in total. The maximum Gasteiger partial charge on any atom is 0.126 e. The molecule has 2 rings (SSSR count). The summed E-state index contributed by atoms with van der Waals surface area (Å²) in [6, 6.07) is 0.463. The van der Waals surface area contributed by atoms with E-state index in [1.807, 2.05) is 6.20 Å². The van der Waals surface area contributed by atoms with Crippen LogP contribution in [-0.2, 0) is 6.54 Å². The smallest absolute Gasteiger partial charge is 0.126 e. The molecule has 1 aliphatic rings. The maximum atomic E-state index is 4.54. The molecule has 1 aliphatic carbocycles. The van der Waals surface area contributed by atoms with Gasteiger partial charge < -0.3 is 9.88 Å². The standard InChI is InChI=1S/C13H23N3/c1-4-6-14-12(11-9-10(11)3)13-15-7-8-16(13)5-2/h7-8,10-12,14H,4-6,9H2,1-3H3. The van der Waals surface area contributed by atoms with E-state index in [4.69, 9.17) is 0 Å². The van der Waals surface area contributed by atoms with Crippen molar-refractivity contribution in [2.24, 2.45) is 11.8 Å². The summed E-state index contributed by atoms with van der Waals surface area (Å²) in [5, 5.41) is 3.66. The van der Waals surface area contributed by atoms with Gasteiger partial charge in [0.1, 0.15) is 5.82 Å². The zero-order valence-electron chi connectivity index (χ0n) is 10.6. The highest BCUT2D eigenvalue weighted by Crippen LogP contribution is 2.46. The van der Waals surface area contributed by atoms with E-state index in [9.17, 15) is 0 Å². The van der Waals surface area contributed by atoms with E-state index in [0.717, 1.165) is 24.9 Å². The zero-order valence-corrected chi connectivity index (χ0v) is 10.6. The third-order valence-electron chi connectivity index (χ3n) is 3.58. The van der Waals surface area contributed by atoms with Gasteiger partial charge in [0, 0.05) is 18.9 Å². The average Bonchev–Trinajstić information content (AvgIpc) is 2.82. The molecule has 1 aromatic rings. The summed E-state index contributed by atoms with van der Waals surface area (Å²) < 4.78 is 2.26. The second kappa shape index (κ2) is 5.00. The number of nitrogens with zero attached hydrogens (tertiary/aromatic N) is 2. The second-order valence-corrected chi connectivity index (χ2v) is 4.88. The molecule has 0 radical (unpaired) electrons. The van der Waals surface area contributed by atoms with Crippen molar-refractivity contribution in [3.63, 3.8) is 0 Å². The van der Waals surface area contributed by atoms with E-state index in [2.05, 4.69) is 41.8 Å². The van der Waals surface area contributed by atoms with Gasteiger partial charge in [0.2, 0.25) is 0 Å². The summed E-state index contributed by atoms with van der Waals surface area (Å²) >= 11 is 0. The minimum absolute atomic E-state index is 0.463. The first kappa shape index (κ1) is 11.6.